The number of rotatable bonds is 3. The van der Waals surface area contributed by atoms with Crippen LogP contribution in [0, 0.1) is 5.82 Å². The lowest BCUT2D eigenvalue weighted by Gasteiger charge is -2.08. The molecule has 3 nitrogen and oxygen atoms in total. The van der Waals surface area contributed by atoms with Crippen LogP contribution >= 0.6 is 0 Å². The minimum Gasteiger partial charge on any atom is -0.497 e. The van der Waals surface area contributed by atoms with Gasteiger partial charge in [0.15, 0.2) is 0 Å². The van der Waals surface area contributed by atoms with E-state index in [0.717, 1.165) is 10.9 Å². The van der Waals surface area contributed by atoms with Crippen LogP contribution in [0.5, 0.6) is 5.75 Å². The third-order valence-corrected chi connectivity index (χ3v) is 3.40. The van der Waals surface area contributed by atoms with Crippen LogP contribution < -0.4 is 10.5 Å². The Bertz CT molecular complexity index is 764. The molecule has 102 valence electrons. The number of nitrogens with two attached hydrogens (primary N) is 1. The van der Waals surface area contributed by atoms with Crippen molar-refractivity contribution in [3.8, 4) is 5.75 Å². The predicted molar refractivity (Wildman–Crippen MR) is 78.4 cm³/mol. The molecule has 2 N–H and O–H groups in total. The van der Waals surface area contributed by atoms with E-state index in [4.69, 9.17) is 10.5 Å². The number of nitrogens with zero attached hydrogens (tertiary/aromatic N) is 1. The average Bonchev–Trinajstić information content (AvgIpc) is 2.83. The molecule has 0 atom stereocenters. The maximum atomic E-state index is 14.0. The molecule has 0 saturated carbocycles. The molecule has 0 spiro atoms. The Morgan fingerprint density at radius 2 is 2.00 bits per heavy atom. The number of anilines is 1. The van der Waals surface area contributed by atoms with Gasteiger partial charge < -0.3 is 15.0 Å². The Morgan fingerprint density at radius 3 is 2.75 bits per heavy atom. The van der Waals surface area contributed by atoms with Crippen LogP contribution in [0.1, 0.15) is 5.56 Å². The van der Waals surface area contributed by atoms with Crippen LogP contribution in [0.2, 0.25) is 0 Å². The fourth-order valence-electron chi connectivity index (χ4n) is 2.31. The first-order chi connectivity index (χ1) is 9.67. The summed E-state index contributed by atoms with van der Waals surface area (Å²) in [6.45, 7) is 0.461. The molecule has 20 heavy (non-hydrogen) atoms. The molecule has 1 heterocycles. The lowest BCUT2D eigenvalue weighted by Crippen LogP contribution is -2.01. The first kappa shape index (κ1) is 12.5. The van der Waals surface area contributed by atoms with Crippen LogP contribution in [0.15, 0.2) is 48.7 Å². The summed E-state index contributed by atoms with van der Waals surface area (Å²) in [5, 5.41) is 1.09. The van der Waals surface area contributed by atoms with Gasteiger partial charge in [0.1, 0.15) is 11.6 Å². The highest BCUT2D eigenvalue weighted by Gasteiger charge is 2.07. The first-order valence-corrected chi connectivity index (χ1v) is 6.34. The van der Waals surface area contributed by atoms with Crippen molar-refractivity contribution in [2.24, 2.45) is 0 Å². The second-order valence-corrected chi connectivity index (χ2v) is 4.72. The Kier molecular flexibility index (Phi) is 3.06. The number of hydrogen-bond acceptors (Lipinski definition) is 2. The molecular formula is C16H15FN2O. The third kappa shape index (κ3) is 2.20. The van der Waals surface area contributed by atoms with Gasteiger partial charge in [-0.05, 0) is 29.7 Å². The van der Waals surface area contributed by atoms with Gasteiger partial charge in [-0.25, -0.2) is 4.39 Å². The van der Waals surface area contributed by atoms with Gasteiger partial charge >= 0.3 is 0 Å². The minimum absolute atomic E-state index is 0.268. The van der Waals surface area contributed by atoms with E-state index in [1.54, 1.807) is 12.1 Å². The van der Waals surface area contributed by atoms with Crippen LogP contribution in [-0.2, 0) is 6.54 Å². The maximum Gasteiger partial charge on any atom is 0.131 e. The zero-order valence-corrected chi connectivity index (χ0v) is 11.1. The Morgan fingerprint density at radius 1 is 1.15 bits per heavy atom. The Hall–Kier alpha value is -2.49. The van der Waals surface area contributed by atoms with E-state index in [2.05, 4.69) is 0 Å². The van der Waals surface area contributed by atoms with E-state index < -0.39 is 0 Å². The van der Waals surface area contributed by atoms with Crippen LogP contribution in [0.25, 0.3) is 10.9 Å². The molecule has 0 fully saturated rings. The maximum absolute atomic E-state index is 14.0. The average molecular weight is 270 g/mol. The lowest BCUT2D eigenvalue weighted by atomic mass is 10.2. The zero-order valence-electron chi connectivity index (χ0n) is 11.1. The molecule has 0 aliphatic heterocycles. The quantitative estimate of drug-likeness (QED) is 0.741. The largest absolute Gasteiger partial charge is 0.497 e. The van der Waals surface area contributed by atoms with Crippen molar-refractivity contribution in [1.82, 2.24) is 4.57 Å². The molecule has 3 rings (SSSR count). The van der Waals surface area contributed by atoms with Crippen molar-refractivity contribution in [1.29, 1.82) is 0 Å². The molecule has 0 unspecified atom stereocenters. The summed E-state index contributed by atoms with van der Waals surface area (Å²) in [6.07, 6.45) is 1.94. The summed E-state index contributed by atoms with van der Waals surface area (Å²) in [6, 6.07) is 12.6. The Balaban J connectivity index is 1.99. The summed E-state index contributed by atoms with van der Waals surface area (Å²) in [7, 11) is 1.52. The summed E-state index contributed by atoms with van der Waals surface area (Å²) >= 11 is 0. The number of halogens is 1. The van der Waals surface area contributed by atoms with Gasteiger partial charge in [-0.15, -0.1) is 0 Å². The molecule has 2 aromatic carbocycles. The van der Waals surface area contributed by atoms with Gasteiger partial charge in [-0.1, -0.05) is 12.1 Å². The smallest absolute Gasteiger partial charge is 0.131 e. The molecule has 0 amide bonds. The van der Waals surface area contributed by atoms with E-state index in [9.17, 15) is 4.39 Å². The third-order valence-electron chi connectivity index (χ3n) is 3.40. The van der Waals surface area contributed by atoms with Gasteiger partial charge in [-0.2, -0.15) is 0 Å². The second kappa shape index (κ2) is 4.89. The summed E-state index contributed by atoms with van der Waals surface area (Å²) in [5.41, 5.74) is 8.13. The van der Waals surface area contributed by atoms with Gasteiger partial charge in [0.05, 0.1) is 19.2 Å². The second-order valence-electron chi connectivity index (χ2n) is 4.72. The predicted octanol–water partition coefficient (Wildman–Crippen LogP) is 3.42. The molecule has 0 aliphatic carbocycles. The fourth-order valence-corrected chi connectivity index (χ4v) is 2.31. The van der Waals surface area contributed by atoms with E-state index in [-0.39, 0.29) is 5.82 Å². The number of benzene rings is 2. The minimum atomic E-state index is -0.268. The molecule has 3 aromatic rings. The van der Waals surface area contributed by atoms with E-state index in [1.807, 2.05) is 35.0 Å². The first-order valence-electron chi connectivity index (χ1n) is 6.34. The van der Waals surface area contributed by atoms with Crippen molar-refractivity contribution in [2.75, 3.05) is 12.8 Å². The molecule has 0 bridgehead atoms. The van der Waals surface area contributed by atoms with Crippen molar-refractivity contribution in [2.45, 2.75) is 6.54 Å². The molecule has 0 saturated heterocycles. The van der Waals surface area contributed by atoms with Gasteiger partial charge in [0, 0.05) is 23.5 Å². The van der Waals surface area contributed by atoms with E-state index >= 15 is 0 Å². The van der Waals surface area contributed by atoms with E-state index in [0.29, 0.717) is 23.5 Å². The molecule has 0 aliphatic rings. The number of aromatic nitrogens is 1. The number of ether oxygens (including phenoxy) is 1. The lowest BCUT2D eigenvalue weighted by molar-refractivity contribution is 0.410. The summed E-state index contributed by atoms with van der Waals surface area (Å²) < 4.78 is 21.0. The van der Waals surface area contributed by atoms with Crippen LogP contribution in [-0.4, -0.2) is 11.7 Å². The topological polar surface area (TPSA) is 40.2 Å². The number of fused-ring (bicyclic) bond motifs is 1. The number of methoxy groups -OCH3 is 1. The molecule has 0 radical (unpaired) electrons. The van der Waals surface area contributed by atoms with Crippen molar-refractivity contribution in [3.05, 3.63) is 60.0 Å². The van der Waals surface area contributed by atoms with E-state index in [1.165, 1.54) is 13.2 Å². The highest BCUT2D eigenvalue weighted by atomic mass is 19.1. The highest BCUT2D eigenvalue weighted by molar-refractivity contribution is 5.83. The van der Waals surface area contributed by atoms with Gasteiger partial charge in [-0.3, -0.25) is 0 Å². The SMILES string of the molecule is COc1ccc(Cn2ccc3ccc(N)cc32)c(F)c1. The summed E-state index contributed by atoms with van der Waals surface area (Å²) in [5.74, 6) is 0.253. The highest BCUT2D eigenvalue weighted by Crippen LogP contribution is 2.22. The summed E-state index contributed by atoms with van der Waals surface area (Å²) in [4.78, 5) is 0. The normalized spacial score (nSPS) is 10.9. The molecular weight excluding hydrogens is 255 g/mol. The molecule has 4 heteroatoms. The number of nitrogen functional groups attached to an aromatic ring is 1. The van der Waals surface area contributed by atoms with Crippen LogP contribution in [0.4, 0.5) is 10.1 Å². The van der Waals surface area contributed by atoms with Gasteiger partial charge in [0.25, 0.3) is 0 Å². The fraction of sp³-hybridized carbons (Fsp3) is 0.125. The van der Waals surface area contributed by atoms with Gasteiger partial charge in [0.2, 0.25) is 0 Å². The standard InChI is InChI=1S/C16H15FN2O/c1-20-14-5-3-12(15(17)9-14)10-19-7-6-11-2-4-13(18)8-16(11)19/h2-9H,10,18H2,1H3. The monoisotopic (exact) mass is 270 g/mol. The van der Waals surface area contributed by atoms with Crippen molar-refractivity contribution in [3.63, 3.8) is 0 Å². The van der Waals surface area contributed by atoms with Crippen molar-refractivity contribution >= 4 is 16.6 Å². The van der Waals surface area contributed by atoms with Crippen LogP contribution in [0.3, 0.4) is 0 Å². The zero-order chi connectivity index (χ0) is 14.1. The number of hydrogen-bond donors (Lipinski definition) is 1. The Labute approximate surface area is 116 Å². The molecule has 1 aromatic heterocycles. The van der Waals surface area contributed by atoms with Crippen molar-refractivity contribution < 1.29 is 9.13 Å².